The molecule has 20 heavy (non-hydrogen) atoms. The van der Waals surface area contributed by atoms with Crippen LogP contribution in [0.1, 0.15) is 25.8 Å². The summed E-state index contributed by atoms with van der Waals surface area (Å²) in [5.74, 6) is 0. The van der Waals surface area contributed by atoms with Crippen LogP contribution in [0.5, 0.6) is 0 Å². The molecule has 0 fully saturated rings. The van der Waals surface area contributed by atoms with Gasteiger partial charge in [0.15, 0.2) is 0 Å². The fourth-order valence-electron chi connectivity index (χ4n) is 1.67. The molecule has 1 heterocycles. The standard InChI is InChI=1S/C14H17BrClN3S/c1-14(2,3)17-7-6-12-18-19-13(20-12)10-5-4-9(15)8-11(10)16/h4-5,8,17H,6-7H2,1-3H3. The minimum atomic E-state index is 0.128. The van der Waals surface area contributed by atoms with Crippen LogP contribution in [0.4, 0.5) is 0 Å². The highest BCUT2D eigenvalue weighted by Gasteiger charge is 2.12. The summed E-state index contributed by atoms with van der Waals surface area (Å²) in [6.07, 6.45) is 0.878. The van der Waals surface area contributed by atoms with Crippen molar-refractivity contribution in [1.82, 2.24) is 15.5 Å². The Bertz CT molecular complexity index is 592. The Labute approximate surface area is 136 Å². The van der Waals surface area contributed by atoms with Crippen LogP contribution in [0.25, 0.3) is 10.6 Å². The van der Waals surface area contributed by atoms with E-state index in [9.17, 15) is 0 Å². The van der Waals surface area contributed by atoms with E-state index in [4.69, 9.17) is 11.6 Å². The van der Waals surface area contributed by atoms with Gasteiger partial charge in [-0.15, -0.1) is 10.2 Å². The van der Waals surface area contributed by atoms with E-state index in [0.29, 0.717) is 5.02 Å². The quantitative estimate of drug-likeness (QED) is 0.853. The number of hydrogen-bond acceptors (Lipinski definition) is 4. The Morgan fingerprint density at radius 2 is 2.05 bits per heavy atom. The van der Waals surface area contributed by atoms with Crippen LogP contribution in [0.15, 0.2) is 22.7 Å². The Balaban J connectivity index is 2.05. The van der Waals surface area contributed by atoms with Gasteiger partial charge in [0.05, 0.1) is 5.02 Å². The van der Waals surface area contributed by atoms with Gasteiger partial charge in [0.2, 0.25) is 0 Å². The van der Waals surface area contributed by atoms with Crippen LogP contribution in [-0.4, -0.2) is 22.3 Å². The molecule has 0 atom stereocenters. The van der Waals surface area contributed by atoms with Crippen molar-refractivity contribution in [2.45, 2.75) is 32.7 Å². The van der Waals surface area contributed by atoms with Crippen LogP contribution in [0.2, 0.25) is 5.02 Å². The molecule has 6 heteroatoms. The summed E-state index contributed by atoms with van der Waals surface area (Å²) >= 11 is 11.2. The second-order valence-electron chi connectivity index (χ2n) is 5.55. The monoisotopic (exact) mass is 373 g/mol. The summed E-state index contributed by atoms with van der Waals surface area (Å²) in [5, 5.41) is 14.5. The predicted octanol–water partition coefficient (Wildman–Crippen LogP) is 4.55. The molecular weight excluding hydrogens is 358 g/mol. The van der Waals surface area contributed by atoms with Crippen molar-refractivity contribution in [3.05, 3.63) is 32.7 Å². The molecule has 2 rings (SSSR count). The predicted molar refractivity (Wildman–Crippen MR) is 89.5 cm³/mol. The first-order valence-electron chi connectivity index (χ1n) is 6.38. The van der Waals surface area contributed by atoms with Gasteiger partial charge in [0, 0.05) is 28.5 Å². The normalized spacial score (nSPS) is 11.8. The topological polar surface area (TPSA) is 37.8 Å². The van der Waals surface area contributed by atoms with Crippen LogP contribution in [0, 0.1) is 0 Å². The maximum absolute atomic E-state index is 6.23. The second-order valence-corrected chi connectivity index (χ2v) is 7.94. The SMILES string of the molecule is CC(C)(C)NCCc1nnc(-c2ccc(Br)cc2Cl)s1. The van der Waals surface area contributed by atoms with Crippen LogP contribution < -0.4 is 5.32 Å². The number of halogens is 2. The molecule has 0 unspecified atom stereocenters. The number of nitrogens with zero attached hydrogens (tertiary/aromatic N) is 2. The van der Waals surface area contributed by atoms with Crippen molar-refractivity contribution >= 4 is 38.9 Å². The third kappa shape index (κ3) is 4.52. The number of aromatic nitrogens is 2. The van der Waals surface area contributed by atoms with Crippen LogP contribution in [0.3, 0.4) is 0 Å². The molecule has 0 radical (unpaired) electrons. The first kappa shape index (κ1) is 15.9. The van der Waals surface area contributed by atoms with Gasteiger partial charge in [-0.3, -0.25) is 0 Å². The van der Waals surface area contributed by atoms with E-state index < -0.39 is 0 Å². The van der Waals surface area contributed by atoms with Gasteiger partial charge in [-0.2, -0.15) is 0 Å². The summed E-state index contributed by atoms with van der Waals surface area (Å²) in [7, 11) is 0. The molecule has 1 N–H and O–H groups in total. The van der Waals surface area contributed by atoms with E-state index in [-0.39, 0.29) is 5.54 Å². The molecule has 2 aromatic rings. The van der Waals surface area contributed by atoms with Gasteiger partial charge < -0.3 is 5.32 Å². The number of benzene rings is 1. The van der Waals surface area contributed by atoms with E-state index in [1.54, 1.807) is 11.3 Å². The third-order valence-corrected chi connectivity index (χ3v) is 4.44. The highest BCUT2D eigenvalue weighted by molar-refractivity contribution is 9.10. The molecule has 0 amide bonds. The molecule has 0 spiro atoms. The molecule has 0 aliphatic carbocycles. The molecule has 1 aromatic heterocycles. The van der Waals surface area contributed by atoms with Gasteiger partial charge in [-0.1, -0.05) is 38.9 Å². The highest BCUT2D eigenvalue weighted by Crippen LogP contribution is 2.32. The molecule has 0 aliphatic heterocycles. The van der Waals surface area contributed by atoms with Crippen molar-refractivity contribution in [1.29, 1.82) is 0 Å². The van der Waals surface area contributed by atoms with Gasteiger partial charge in [0.25, 0.3) is 0 Å². The van der Waals surface area contributed by atoms with E-state index in [0.717, 1.165) is 33.0 Å². The summed E-state index contributed by atoms with van der Waals surface area (Å²) in [6, 6.07) is 5.80. The van der Waals surface area contributed by atoms with Gasteiger partial charge in [0.1, 0.15) is 10.0 Å². The molecule has 108 valence electrons. The molecular formula is C14H17BrClN3S. The maximum atomic E-state index is 6.23. The van der Waals surface area contributed by atoms with Crippen LogP contribution >= 0.6 is 38.9 Å². The average Bonchev–Trinajstić information content (AvgIpc) is 2.75. The fourth-order valence-corrected chi connectivity index (χ4v) is 3.37. The van der Waals surface area contributed by atoms with Crippen molar-refractivity contribution in [3.63, 3.8) is 0 Å². The number of nitrogens with one attached hydrogen (secondary N) is 1. The van der Waals surface area contributed by atoms with Crippen molar-refractivity contribution < 1.29 is 0 Å². The molecule has 0 saturated carbocycles. The van der Waals surface area contributed by atoms with Crippen molar-refractivity contribution in [3.8, 4) is 10.6 Å². The first-order valence-corrected chi connectivity index (χ1v) is 8.37. The minimum absolute atomic E-state index is 0.128. The maximum Gasteiger partial charge on any atom is 0.149 e. The van der Waals surface area contributed by atoms with E-state index in [2.05, 4.69) is 52.2 Å². The van der Waals surface area contributed by atoms with E-state index in [1.165, 1.54) is 0 Å². The van der Waals surface area contributed by atoms with Gasteiger partial charge >= 0.3 is 0 Å². The van der Waals surface area contributed by atoms with Gasteiger partial charge in [-0.25, -0.2) is 0 Å². The minimum Gasteiger partial charge on any atom is -0.312 e. The fraction of sp³-hybridized carbons (Fsp3) is 0.429. The zero-order valence-corrected chi connectivity index (χ0v) is 14.9. The summed E-state index contributed by atoms with van der Waals surface area (Å²) in [5.41, 5.74) is 1.06. The molecule has 0 aliphatic rings. The zero-order chi connectivity index (χ0) is 14.8. The van der Waals surface area contributed by atoms with E-state index in [1.807, 2.05) is 18.2 Å². The van der Waals surface area contributed by atoms with Crippen molar-refractivity contribution in [2.75, 3.05) is 6.54 Å². The summed E-state index contributed by atoms with van der Waals surface area (Å²) < 4.78 is 0.963. The second kappa shape index (κ2) is 6.52. The molecule has 0 saturated heterocycles. The Morgan fingerprint density at radius 3 is 2.70 bits per heavy atom. The lowest BCUT2D eigenvalue weighted by atomic mass is 10.1. The number of rotatable bonds is 4. The lowest BCUT2D eigenvalue weighted by molar-refractivity contribution is 0.429. The van der Waals surface area contributed by atoms with Crippen LogP contribution in [-0.2, 0) is 6.42 Å². The Kier molecular flexibility index (Phi) is 5.18. The largest absolute Gasteiger partial charge is 0.312 e. The molecule has 1 aromatic carbocycles. The summed E-state index contributed by atoms with van der Waals surface area (Å²) in [6.45, 7) is 7.35. The average molecular weight is 375 g/mol. The number of hydrogen-bond donors (Lipinski definition) is 1. The Hall–Kier alpha value is -0.490. The lowest BCUT2D eigenvalue weighted by Gasteiger charge is -2.19. The zero-order valence-electron chi connectivity index (χ0n) is 11.7. The smallest absolute Gasteiger partial charge is 0.149 e. The first-order chi connectivity index (χ1) is 9.35. The van der Waals surface area contributed by atoms with E-state index >= 15 is 0 Å². The third-order valence-electron chi connectivity index (χ3n) is 2.62. The highest BCUT2D eigenvalue weighted by atomic mass is 79.9. The van der Waals surface area contributed by atoms with Gasteiger partial charge in [-0.05, 0) is 39.0 Å². The molecule has 0 bridgehead atoms. The molecule has 3 nitrogen and oxygen atoms in total. The Morgan fingerprint density at radius 1 is 1.30 bits per heavy atom. The van der Waals surface area contributed by atoms with Crippen molar-refractivity contribution in [2.24, 2.45) is 0 Å². The lowest BCUT2D eigenvalue weighted by Crippen LogP contribution is -2.37. The summed E-state index contributed by atoms with van der Waals surface area (Å²) in [4.78, 5) is 0.